The lowest BCUT2D eigenvalue weighted by Crippen LogP contribution is -2.32. The maximum Gasteiger partial charge on any atom is 0.336 e. The van der Waals surface area contributed by atoms with Crippen LogP contribution in [0.3, 0.4) is 0 Å². The quantitative estimate of drug-likeness (QED) is 0.341. The molecule has 0 saturated heterocycles. The smallest absolute Gasteiger partial charge is 0.336 e. The van der Waals surface area contributed by atoms with Gasteiger partial charge in [0, 0.05) is 28.8 Å². The number of carbonyl (C=O) groups excluding carboxylic acids is 2. The number of H-pyrrole nitrogens is 1. The molecule has 1 aromatic heterocycles. The molecule has 7 heteroatoms. The number of hydrogen-bond donors (Lipinski definition) is 2. The molecule has 1 unspecified atom stereocenters. The number of imidazole rings is 1. The van der Waals surface area contributed by atoms with Gasteiger partial charge in [0.05, 0.1) is 30.3 Å². The first-order valence-corrected chi connectivity index (χ1v) is 13.1. The number of ether oxygens (including phenoxy) is 2. The molecule has 1 aliphatic heterocycles. The number of esters is 2. The van der Waals surface area contributed by atoms with E-state index in [4.69, 9.17) is 9.47 Å². The molecule has 1 saturated carbocycles. The standard InChI is InChI=1S/C29H37N3O4/c1-4-35-28(33)24-19(2)31-20(3)25(29(34)36-17-11-14-21-12-7-5-8-13-21)26(24)23-18-30-27(32-23)22-15-9-6-10-16-22/h6,9-10,15-16,18,21,26,31H,4-5,7-8,11-14,17H2,1-3H3,(H,30,32). The first kappa shape index (κ1) is 25.7. The summed E-state index contributed by atoms with van der Waals surface area (Å²) in [6, 6.07) is 9.74. The van der Waals surface area contributed by atoms with Crippen LogP contribution in [0.5, 0.6) is 0 Å². The lowest BCUT2D eigenvalue weighted by molar-refractivity contribution is -0.140. The highest BCUT2D eigenvalue weighted by Crippen LogP contribution is 2.39. The summed E-state index contributed by atoms with van der Waals surface area (Å²) in [5.74, 6) is -0.133. The molecular weight excluding hydrogens is 454 g/mol. The molecule has 2 aliphatic rings. The Balaban J connectivity index is 1.57. The molecule has 1 aromatic carbocycles. The number of hydrogen-bond acceptors (Lipinski definition) is 6. The first-order valence-electron chi connectivity index (χ1n) is 13.1. The zero-order chi connectivity index (χ0) is 25.5. The van der Waals surface area contributed by atoms with E-state index in [1.807, 2.05) is 44.2 Å². The van der Waals surface area contributed by atoms with Crippen molar-refractivity contribution in [2.75, 3.05) is 13.2 Å². The number of nitrogens with zero attached hydrogens (tertiary/aromatic N) is 1. The van der Waals surface area contributed by atoms with Gasteiger partial charge in [-0.05, 0) is 39.5 Å². The van der Waals surface area contributed by atoms with Crippen LogP contribution in [-0.4, -0.2) is 35.1 Å². The fourth-order valence-corrected chi connectivity index (χ4v) is 5.37. The molecule has 1 aliphatic carbocycles. The lowest BCUT2D eigenvalue weighted by Gasteiger charge is -2.29. The van der Waals surface area contributed by atoms with Crippen molar-refractivity contribution in [1.29, 1.82) is 0 Å². The van der Waals surface area contributed by atoms with Crippen LogP contribution in [0, 0.1) is 5.92 Å². The van der Waals surface area contributed by atoms with Gasteiger partial charge in [0.2, 0.25) is 0 Å². The van der Waals surface area contributed by atoms with Gasteiger partial charge in [-0.3, -0.25) is 0 Å². The third-order valence-corrected chi connectivity index (χ3v) is 7.14. The largest absolute Gasteiger partial charge is 0.463 e. The van der Waals surface area contributed by atoms with Gasteiger partial charge in [0.1, 0.15) is 5.82 Å². The zero-order valence-corrected chi connectivity index (χ0v) is 21.6. The Labute approximate surface area is 213 Å². The van der Waals surface area contributed by atoms with E-state index >= 15 is 0 Å². The highest BCUT2D eigenvalue weighted by molar-refractivity contribution is 5.99. The topological polar surface area (TPSA) is 93.3 Å². The minimum Gasteiger partial charge on any atom is -0.463 e. The Morgan fingerprint density at radius 3 is 2.31 bits per heavy atom. The van der Waals surface area contributed by atoms with Gasteiger partial charge in [-0.15, -0.1) is 0 Å². The van der Waals surface area contributed by atoms with Gasteiger partial charge in [-0.1, -0.05) is 62.4 Å². The van der Waals surface area contributed by atoms with Crippen molar-refractivity contribution >= 4 is 11.9 Å². The van der Waals surface area contributed by atoms with Crippen LogP contribution in [0.2, 0.25) is 0 Å². The van der Waals surface area contributed by atoms with E-state index in [0.717, 1.165) is 24.3 Å². The summed E-state index contributed by atoms with van der Waals surface area (Å²) >= 11 is 0. The molecule has 4 rings (SSSR count). The van der Waals surface area contributed by atoms with Gasteiger partial charge in [0.15, 0.2) is 0 Å². The molecule has 2 N–H and O–H groups in total. The average molecular weight is 492 g/mol. The molecule has 2 aromatic rings. The fraction of sp³-hybridized carbons (Fsp3) is 0.483. The molecule has 1 atom stereocenters. The predicted octanol–water partition coefficient (Wildman–Crippen LogP) is 5.78. The maximum atomic E-state index is 13.4. The second-order valence-electron chi connectivity index (χ2n) is 9.69. The molecule has 192 valence electrons. The van der Waals surface area contributed by atoms with Crippen molar-refractivity contribution in [3.05, 3.63) is 64.8 Å². The normalized spacial score (nSPS) is 18.7. The van der Waals surface area contributed by atoms with Crippen LogP contribution in [0.15, 0.2) is 59.1 Å². The van der Waals surface area contributed by atoms with Crippen molar-refractivity contribution in [2.24, 2.45) is 5.92 Å². The van der Waals surface area contributed by atoms with Crippen molar-refractivity contribution in [2.45, 2.75) is 71.6 Å². The number of aromatic amines is 1. The van der Waals surface area contributed by atoms with Gasteiger partial charge in [0.25, 0.3) is 0 Å². The van der Waals surface area contributed by atoms with Gasteiger partial charge < -0.3 is 19.8 Å². The molecular formula is C29H37N3O4. The van der Waals surface area contributed by atoms with E-state index in [-0.39, 0.29) is 6.61 Å². The van der Waals surface area contributed by atoms with E-state index in [1.165, 1.54) is 32.1 Å². The second kappa shape index (κ2) is 12.1. The Morgan fingerprint density at radius 2 is 1.64 bits per heavy atom. The average Bonchev–Trinajstić information content (AvgIpc) is 3.37. The van der Waals surface area contributed by atoms with Gasteiger partial charge in [-0.2, -0.15) is 0 Å². The highest BCUT2D eigenvalue weighted by atomic mass is 16.5. The molecule has 36 heavy (non-hydrogen) atoms. The summed E-state index contributed by atoms with van der Waals surface area (Å²) in [7, 11) is 0. The van der Waals surface area contributed by atoms with E-state index in [9.17, 15) is 9.59 Å². The summed E-state index contributed by atoms with van der Waals surface area (Å²) < 4.78 is 11.1. The summed E-state index contributed by atoms with van der Waals surface area (Å²) in [4.78, 5) is 34.4. The van der Waals surface area contributed by atoms with Crippen LogP contribution in [0.4, 0.5) is 0 Å². The monoisotopic (exact) mass is 491 g/mol. The molecule has 1 fully saturated rings. The number of rotatable bonds is 9. The lowest BCUT2D eigenvalue weighted by atomic mass is 9.83. The first-order chi connectivity index (χ1) is 17.5. The Morgan fingerprint density at radius 1 is 0.972 bits per heavy atom. The molecule has 0 spiro atoms. The number of benzene rings is 1. The third kappa shape index (κ3) is 5.89. The van der Waals surface area contributed by atoms with Crippen LogP contribution in [-0.2, 0) is 19.1 Å². The van der Waals surface area contributed by atoms with E-state index in [1.54, 1.807) is 13.1 Å². The van der Waals surface area contributed by atoms with Gasteiger partial charge >= 0.3 is 11.9 Å². The Kier molecular flexibility index (Phi) is 8.62. The molecule has 0 amide bonds. The predicted molar refractivity (Wildman–Crippen MR) is 139 cm³/mol. The Bertz CT molecular complexity index is 1130. The summed E-state index contributed by atoms with van der Waals surface area (Å²) in [5.41, 5.74) is 3.68. The fourth-order valence-electron chi connectivity index (χ4n) is 5.37. The Hall–Kier alpha value is -3.35. The minimum atomic E-state index is -0.666. The number of dihydropyridines is 1. The van der Waals surface area contributed by atoms with Crippen molar-refractivity contribution in [1.82, 2.24) is 15.3 Å². The molecule has 7 nitrogen and oxygen atoms in total. The summed E-state index contributed by atoms with van der Waals surface area (Å²) in [5, 5.41) is 3.20. The molecule has 0 radical (unpaired) electrons. The number of allylic oxidation sites excluding steroid dienone is 2. The second-order valence-corrected chi connectivity index (χ2v) is 9.69. The third-order valence-electron chi connectivity index (χ3n) is 7.14. The van der Waals surface area contributed by atoms with Gasteiger partial charge in [-0.25, -0.2) is 14.6 Å². The zero-order valence-electron chi connectivity index (χ0n) is 21.6. The summed E-state index contributed by atoms with van der Waals surface area (Å²) in [6.07, 6.45) is 10.1. The van der Waals surface area contributed by atoms with Crippen LogP contribution >= 0.6 is 0 Å². The van der Waals surface area contributed by atoms with Crippen LogP contribution in [0.1, 0.15) is 77.3 Å². The highest BCUT2D eigenvalue weighted by Gasteiger charge is 2.39. The number of carbonyl (C=O) groups is 2. The molecule has 2 heterocycles. The van der Waals surface area contributed by atoms with E-state index in [0.29, 0.717) is 40.7 Å². The van der Waals surface area contributed by atoms with Crippen LogP contribution < -0.4 is 5.32 Å². The molecule has 0 bridgehead atoms. The number of nitrogens with one attached hydrogen (secondary N) is 2. The maximum absolute atomic E-state index is 13.4. The van der Waals surface area contributed by atoms with Crippen molar-refractivity contribution in [3.8, 4) is 11.4 Å². The number of aromatic nitrogens is 2. The summed E-state index contributed by atoms with van der Waals surface area (Å²) in [6.45, 7) is 6.04. The van der Waals surface area contributed by atoms with Crippen LogP contribution in [0.25, 0.3) is 11.4 Å². The van der Waals surface area contributed by atoms with Crippen molar-refractivity contribution in [3.63, 3.8) is 0 Å². The van der Waals surface area contributed by atoms with E-state index in [2.05, 4.69) is 15.3 Å². The van der Waals surface area contributed by atoms with E-state index < -0.39 is 17.9 Å². The van der Waals surface area contributed by atoms with Crippen molar-refractivity contribution < 1.29 is 19.1 Å². The SMILES string of the molecule is CCOC(=O)C1=C(C)NC(C)=C(C(=O)OCCCC2CCCCC2)C1c1cnc(-c2ccccc2)[nH]1. The minimum absolute atomic E-state index is 0.240.